The Bertz CT molecular complexity index is 874. The molecule has 1 aliphatic carbocycles. The Labute approximate surface area is 145 Å². The predicted octanol–water partition coefficient (Wildman–Crippen LogP) is 3.62. The number of carbonyl (C=O) groups is 1. The average Bonchev–Trinajstić information content (AvgIpc) is 3.04. The molecule has 1 atom stereocenters. The molecule has 5 heteroatoms. The molecule has 122 valence electrons. The molecule has 3 aromatic rings. The number of carbonyl (C=O) groups excluding carboxylic acids is 1. The minimum atomic E-state index is 0.0642. The van der Waals surface area contributed by atoms with Gasteiger partial charge in [-0.2, -0.15) is 0 Å². The summed E-state index contributed by atoms with van der Waals surface area (Å²) in [5, 5.41) is 4.04. The van der Waals surface area contributed by atoms with E-state index < -0.39 is 0 Å². The van der Waals surface area contributed by atoms with E-state index in [0.717, 1.165) is 29.9 Å². The van der Waals surface area contributed by atoms with Gasteiger partial charge in [0.2, 0.25) is 5.91 Å². The number of imidazole rings is 1. The molecule has 1 aliphatic rings. The third kappa shape index (κ3) is 3.04. The Hall–Kier alpha value is -2.27. The monoisotopic (exact) mass is 337 g/mol. The van der Waals surface area contributed by atoms with Gasteiger partial charge in [-0.15, -0.1) is 0 Å². The molecule has 0 spiro atoms. The maximum atomic E-state index is 12.4. The Kier molecular flexibility index (Phi) is 4.26. The third-order valence-corrected chi connectivity index (χ3v) is 5.41. The normalized spacial score (nSPS) is 16.8. The van der Waals surface area contributed by atoms with Crippen LogP contribution in [0, 0.1) is 0 Å². The predicted molar refractivity (Wildman–Crippen MR) is 96.2 cm³/mol. The molecule has 4 nitrogen and oxygen atoms in total. The molecular weight excluding hydrogens is 318 g/mol. The zero-order valence-electron chi connectivity index (χ0n) is 13.3. The zero-order chi connectivity index (χ0) is 16.4. The number of hydrogen-bond donors (Lipinski definition) is 1. The molecule has 0 aliphatic heterocycles. The minimum Gasteiger partial charge on any atom is -0.349 e. The van der Waals surface area contributed by atoms with Crippen LogP contribution >= 0.6 is 11.8 Å². The van der Waals surface area contributed by atoms with Crippen molar-refractivity contribution in [1.29, 1.82) is 0 Å². The highest BCUT2D eigenvalue weighted by molar-refractivity contribution is 7.99. The Morgan fingerprint density at radius 3 is 3.08 bits per heavy atom. The van der Waals surface area contributed by atoms with Gasteiger partial charge < -0.3 is 5.32 Å². The van der Waals surface area contributed by atoms with Crippen LogP contribution in [0.1, 0.15) is 30.0 Å². The molecule has 0 saturated heterocycles. The molecule has 0 saturated carbocycles. The van der Waals surface area contributed by atoms with E-state index in [2.05, 4.69) is 34.6 Å². The van der Waals surface area contributed by atoms with Crippen molar-refractivity contribution in [1.82, 2.24) is 14.7 Å². The van der Waals surface area contributed by atoms with Crippen molar-refractivity contribution in [3.05, 3.63) is 66.0 Å². The molecule has 2 aromatic heterocycles. The fourth-order valence-electron chi connectivity index (χ4n) is 3.30. The first kappa shape index (κ1) is 15.3. The van der Waals surface area contributed by atoms with Crippen LogP contribution < -0.4 is 5.32 Å². The molecule has 1 aromatic carbocycles. The van der Waals surface area contributed by atoms with Gasteiger partial charge in [0, 0.05) is 6.20 Å². The SMILES string of the molecule is O=C(CSc1ncc2ccccn12)N[C@@H]1CCCc2ccccc21. The van der Waals surface area contributed by atoms with E-state index in [1.165, 1.54) is 22.9 Å². The largest absolute Gasteiger partial charge is 0.349 e. The lowest BCUT2D eigenvalue weighted by Gasteiger charge is -2.26. The topological polar surface area (TPSA) is 46.4 Å². The minimum absolute atomic E-state index is 0.0642. The summed E-state index contributed by atoms with van der Waals surface area (Å²) in [5.41, 5.74) is 3.68. The summed E-state index contributed by atoms with van der Waals surface area (Å²) < 4.78 is 2.01. The number of aryl methyl sites for hydroxylation is 1. The molecule has 0 fully saturated rings. The van der Waals surface area contributed by atoms with Crippen molar-refractivity contribution in [2.24, 2.45) is 0 Å². The molecule has 24 heavy (non-hydrogen) atoms. The lowest BCUT2D eigenvalue weighted by Crippen LogP contribution is -2.32. The summed E-state index contributed by atoms with van der Waals surface area (Å²) in [5.74, 6) is 0.446. The van der Waals surface area contributed by atoms with Crippen LogP contribution in [0.2, 0.25) is 0 Å². The summed E-state index contributed by atoms with van der Waals surface area (Å²) in [4.78, 5) is 16.8. The van der Waals surface area contributed by atoms with Crippen LogP contribution in [0.25, 0.3) is 5.52 Å². The Balaban J connectivity index is 1.41. The average molecular weight is 337 g/mol. The first-order chi connectivity index (χ1) is 11.8. The van der Waals surface area contributed by atoms with Crippen molar-refractivity contribution in [3.63, 3.8) is 0 Å². The van der Waals surface area contributed by atoms with Gasteiger partial charge in [-0.1, -0.05) is 42.1 Å². The smallest absolute Gasteiger partial charge is 0.230 e. The summed E-state index contributed by atoms with van der Waals surface area (Å²) in [6.07, 6.45) is 7.05. The zero-order valence-corrected chi connectivity index (χ0v) is 14.1. The molecule has 1 amide bonds. The maximum Gasteiger partial charge on any atom is 0.230 e. The van der Waals surface area contributed by atoms with Crippen LogP contribution in [0.5, 0.6) is 0 Å². The number of pyridine rings is 1. The van der Waals surface area contributed by atoms with E-state index in [-0.39, 0.29) is 11.9 Å². The van der Waals surface area contributed by atoms with Gasteiger partial charge in [0.15, 0.2) is 5.16 Å². The van der Waals surface area contributed by atoms with Crippen molar-refractivity contribution in [2.45, 2.75) is 30.5 Å². The molecular formula is C19H19N3OS. The maximum absolute atomic E-state index is 12.4. The number of amides is 1. The molecule has 1 N–H and O–H groups in total. The van der Waals surface area contributed by atoms with Crippen molar-refractivity contribution >= 4 is 23.2 Å². The fourth-order valence-corrected chi connectivity index (χ4v) is 4.07. The first-order valence-electron chi connectivity index (χ1n) is 8.23. The number of fused-ring (bicyclic) bond motifs is 2. The summed E-state index contributed by atoms with van der Waals surface area (Å²) in [7, 11) is 0. The Morgan fingerprint density at radius 2 is 2.12 bits per heavy atom. The number of aromatic nitrogens is 2. The van der Waals surface area contributed by atoms with Crippen molar-refractivity contribution in [2.75, 3.05) is 5.75 Å². The van der Waals surface area contributed by atoms with Crippen LogP contribution in [-0.4, -0.2) is 21.0 Å². The number of benzene rings is 1. The van der Waals surface area contributed by atoms with E-state index in [0.29, 0.717) is 5.75 Å². The summed E-state index contributed by atoms with van der Waals surface area (Å²) in [6, 6.07) is 14.5. The first-order valence-corrected chi connectivity index (χ1v) is 9.22. The van der Waals surface area contributed by atoms with Gasteiger partial charge in [-0.25, -0.2) is 4.98 Å². The quantitative estimate of drug-likeness (QED) is 0.740. The van der Waals surface area contributed by atoms with Gasteiger partial charge in [0.05, 0.1) is 23.5 Å². The lowest BCUT2D eigenvalue weighted by atomic mass is 9.88. The number of nitrogens with one attached hydrogen (secondary N) is 1. The van der Waals surface area contributed by atoms with Gasteiger partial charge in [0.1, 0.15) is 0 Å². The molecule has 0 bridgehead atoms. The lowest BCUT2D eigenvalue weighted by molar-refractivity contribution is -0.119. The number of thioether (sulfide) groups is 1. The second-order valence-electron chi connectivity index (χ2n) is 6.04. The Morgan fingerprint density at radius 1 is 1.25 bits per heavy atom. The van der Waals surface area contributed by atoms with E-state index in [1.807, 2.05) is 35.0 Å². The van der Waals surface area contributed by atoms with Crippen molar-refractivity contribution in [3.8, 4) is 0 Å². The van der Waals surface area contributed by atoms with E-state index in [1.54, 1.807) is 0 Å². The van der Waals surface area contributed by atoms with Crippen LogP contribution in [0.4, 0.5) is 0 Å². The number of nitrogens with zero attached hydrogens (tertiary/aromatic N) is 2. The highest BCUT2D eigenvalue weighted by Gasteiger charge is 2.21. The van der Waals surface area contributed by atoms with Gasteiger partial charge in [0.25, 0.3) is 0 Å². The van der Waals surface area contributed by atoms with Crippen molar-refractivity contribution < 1.29 is 4.79 Å². The second kappa shape index (κ2) is 6.69. The van der Waals surface area contributed by atoms with Gasteiger partial charge >= 0.3 is 0 Å². The summed E-state index contributed by atoms with van der Waals surface area (Å²) >= 11 is 1.47. The van der Waals surface area contributed by atoms with Crippen LogP contribution in [-0.2, 0) is 11.2 Å². The standard InChI is InChI=1S/C19H19N3OS/c23-18(13-24-19-20-12-15-8-3-4-11-22(15)19)21-17-10-5-7-14-6-1-2-9-16(14)17/h1-4,6,8-9,11-12,17H,5,7,10,13H2,(H,21,23)/t17-/m1/s1. The van der Waals surface area contributed by atoms with E-state index in [4.69, 9.17) is 0 Å². The molecule has 2 heterocycles. The number of hydrogen-bond acceptors (Lipinski definition) is 3. The fraction of sp³-hybridized carbons (Fsp3) is 0.263. The summed E-state index contributed by atoms with van der Waals surface area (Å²) in [6.45, 7) is 0. The highest BCUT2D eigenvalue weighted by atomic mass is 32.2. The van der Waals surface area contributed by atoms with E-state index in [9.17, 15) is 4.79 Å². The molecule has 0 radical (unpaired) electrons. The van der Waals surface area contributed by atoms with E-state index >= 15 is 0 Å². The number of rotatable bonds is 4. The van der Waals surface area contributed by atoms with Gasteiger partial charge in [-0.05, 0) is 42.5 Å². The molecule has 4 rings (SSSR count). The van der Waals surface area contributed by atoms with Crippen LogP contribution in [0.15, 0.2) is 60.0 Å². The van der Waals surface area contributed by atoms with Crippen LogP contribution in [0.3, 0.4) is 0 Å². The molecule has 0 unspecified atom stereocenters. The van der Waals surface area contributed by atoms with Gasteiger partial charge in [-0.3, -0.25) is 9.20 Å². The third-order valence-electron chi connectivity index (χ3n) is 4.44. The highest BCUT2D eigenvalue weighted by Crippen LogP contribution is 2.29. The second-order valence-corrected chi connectivity index (χ2v) is 6.98.